The molecule has 2 heterocycles. The van der Waals surface area contributed by atoms with Crippen molar-refractivity contribution in [2.45, 2.75) is 25.1 Å². The average Bonchev–Trinajstić information content (AvgIpc) is 2.63. The number of benzene rings is 1. The third-order valence-corrected chi connectivity index (χ3v) is 4.18. The van der Waals surface area contributed by atoms with Gasteiger partial charge in [0.2, 0.25) is 5.88 Å². The number of nitrogens with one attached hydrogen (secondary N) is 1. The predicted octanol–water partition coefficient (Wildman–Crippen LogP) is 3.03. The summed E-state index contributed by atoms with van der Waals surface area (Å²) in [5.41, 5.74) is 0.411. The van der Waals surface area contributed by atoms with Crippen molar-refractivity contribution in [3.05, 3.63) is 48.4 Å². The monoisotopic (exact) mass is 380 g/mol. The van der Waals surface area contributed by atoms with Gasteiger partial charge < -0.3 is 10.1 Å². The predicted molar refractivity (Wildman–Crippen MR) is 91.5 cm³/mol. The Bertz CT molecular complexity index is 763. The van der Waals surface area contributed by atoms with Crippen molar-refractivity contribution in [3.63, 3.8) is 0 Å². The highest BCUT2D eigenvalue weighted by Crippen LogP contribution is 2.21. The highest BCUT2D eigenvalue weighted by atomic mass is 19.4. The molecule has 1 saturated heterocycles. The van der Waals surface area contributed by atoms with Crippen LogP contribution in [0.5, 0.6) is 11.6 Å². The van der Waals surface area contributed by atoms with Crippen LogP contribution in [0.25, 0.3) is 0 Å². The summed E-state index contributed by atoms with van der Waals surface area (Å²) in [4.78, 5) is 21.7. The molecule has 2 aromatic rings. The molecular formula is C18H19F3N4O2. The molecule has 1 aromatic carbocycles. The van der Waals surface area contributed by atoms with E-state index < -0.39 is 12.7 Å². The molecule has 1 N–H and O–H groups in total. The molecule has 0 saturated carbocycles. The summed E-state index contributed by atoms with van der Waals surface area (Å²) >= 11 is 0. The first-order valence-corrected chi connectivity index (χ1v) is 8.53. The highest BCUT2D eigenvalue weighted by molar-refractivity contribution is 5.94. The van der Waals surface area contributed by atoms with Gasteiger partial charge in [-0.3, -0.25) is 14.7 Å². The van der Waals surface area contributed by atoms with E-state index in [1.165, 1.54) is 23.5 Å². The molecule has 3 rings (SSSR count). The van der Waals surface area contributed by atoms with Crippen molar-refractivity contribution in [1.82, 2.24) is 20.2 Å². The maximum absolute atomic E-state index is 12.4. The zero-order valence-electron chi connectivity index (χ0n) is 14.4. The quantitative estimate of drug-likeness (QED) is 0.864. The molecule has 0 atom stereocenters. The standard InChI is InChI=1S/C18H19F3N4O2/c19-18(20,21)12-25-8-4-14(5-9-25)24-17(26)13-2-1-3-15(10-13)27-16-11-22-6-7-23-16/h1-3,6-7,10-11,14H,4-5,8-9,12H2,(H,24,26). The van der Waals surface area contributed by atoms with Gasteiger partial charge in [0, 0.05) is 37.1 Å². The van der Waals surface area contributed by atoms with Gasteiger partial charge >= 0.3 is 6.18 Å². The number of likely N-dealkylation sites (tertiary alicyclic amines) is 1. The van der Waals surface area contributed by atoms with Gasteiger partial charge in [0.15, 0.2) is 0 Å². The summed E-state index contributed by atoms with van der Waals surface area (Å²) < 4.78 is 42.8. The normalized spacial score (nSPS) is 16.1. The molecule has 1 aliphatic rings. The van der Waals surface area contributed by atoms with Crippen LogP contribution in [-0.2, 0) is 0 Å². The maximum Gasteiger partial charge on any atom is 0.401 e. The zero-order valence-corrected chi connectivity index (χ0v) is 14.4. The lowest BCUT2D eigenvalue weighted by Crippen LogP contribution is -2.47. The van der Waals surface area contributed by atoms with Crippen molar-refractivity contribution in [2.75, 3.05) is 19.6 Å². The van der Waals surface area contributed by atoms with Crippen molar-refractivity contribution in [3.8, 4) is 11.6 Å². The topological polar surface area (TPSA) is 67.4 Å². The van der Waals surface area contributed by atoms with Crippen LogP contribution in [0.4, 0.5) is 13.2 Å². The molecular weight excluding hydrogens is 361 g/mol. The van der Waals surface area contributed by atoms with Crippen LogP contribution in [0.15, 0.2) is 42.9 Å². The minimum absolute atomic E-state index is 0.147. The summed E-state index contributed by atoms with van der Waals surface area (Å²) in [5, 5.41) is 2.88. The minimum Gasteiger partial charge on any atom is -0.437 e. The van der Waals surface area contributed by atoms with Crippen LogP contribution >= 0.6 is 0 Å². The summed E-state index contributed by atoms with van der Waals surface area (Å²) in [5.74, 6) is 0.476. The van der Waals surface area contributed by atoms with Gasteiger partial charge in [-0.25, -0.2) is 4.98 Å². The number of carbonyl (C=O) groups is 1. The van der Waals surface area contributed by atoms with Crippen molar-refractivity contribution in [2.24, 2.45) is 0 Å². The van der Waals surface area contributed by atoms with E-state index in [9.17, 15) is 18.0 Å². The zero-order chi connectivity index (χ0) is 19.3. The fourth-order valence-corrected chi connectivity index (χ4v) is 2.92. The molecule has 27 heavy (non-hydrogen) atoms. The smallest absolute Gasteiger partial charge is 0.401 e. The fraction of sp³-hybridized carbons (Fsp3) is 0.389. The number of piperidine rings is 1. The number of alkyl halides is 3. The number of carbonyl (C=O) groups excluding carboxylic acids is 1. The number of rotatable bonds is 5. The number of aromatic nitrogens is 2. The van der Waals surface area contributed by atoms with Gasteiger partial charge in [-0.05, 0) is 31.0 Å². The molecule has 0 aliphatic carbocycles. The molecule has 6 nitrogen and oxygen atoms in total. The second-order valence-electron chi connectivity index (χ2n) is 6.31. The molecule has 0 bridgehead atoms. The lowest BCUT2D eigenvalue weighted by molar-refractivity contribution is -0.148. The SMILES string of the molecule is O=C(NC1CCN(CC(F)(F)F)CC1)c1cccc(Oc2cnccn2)c1. The Hall–Kier alpha value is -2.68. The number of halogens is 3. The van der Waals surface area contributed by atoms with Gasteiger partial charge in [-0.1, -0.05) is 6.07 Å². The molecule has 9 heteroatoms. The van der Waals surface area contributed by atoms with Crippen LogP contribution in [-0.4, -0.2) is 52.6 Å². The number of hydrogen-bond donors (Lipinski definition) is 1. The summed E-state index contributed by atoms with van der Waals surface area (Å²) in [6.07, 6.45) is 1.25. The molecule has 0 unspecified atom stereocenters. The van der Waals surface area contributed by atoms with E-state index in [4.69, 9.17) is 4.74 Å². The second-order valence-corrected chi connectivity index (χ2v) is 6.31. The minimum atomic E-state index is -4.19. The Morgan fingerprint density at radius 2 is 2.04 bits per heavy atom. The van der Waals surface area contributed by atoms with E-state index in [1.807, 2.05) is 0 Å². The third-order valence-electron chi connectivity index (χ3n) is 4.18. The summed E-state index contributed by atoms with van der Waals surface area (Å²) in [7, 11) is 0. The van der Waals surface area contributed by atoms with Crippen LogP contribution in [0, 0.1) is 0 Å². The second kappa shape index (κ2) is 8.34. The lowest BCUT2D eigenvalue weighted by atomic mass is 10.0. The highest BCUT2D eigenvalue weighted by Gasteiger charge is 2.32. The molecule has 0 radical (unpaired) electrons. The Labute approximate surface area is 154 Å². The van der Waals surface area contributed by atoms with E-state index in [-0.39, 0.29) is 11.9 Å². The van der Waals surface area contributed by atoms with Crippen LogP contribution in [0.1, 0.15) is 23.2 Å². The first-order chi connectivity index (χ1) is 12.9. The van der Waals surface area contributed by atoms with E-state index in [0.29, 0.717) is 43.1 Å². The van der Waals surface area contributed by atoms with Gasteiger partial charge in [-0.2, -0.15) is 13.2 Å². The van der Waals surface area contributed by atoms with Gasteiger partial charge in [0.1, 0.15) is 5.75 Å². The van der Waals surface area contributed by atoms with Crippen LogP contribution in [0.2, 0.25) is 0 Å². The number of nitrogens with zero attached hydrogens (tertiary/aromatic N) is 3. The molecule has 1 fully saturated rings. The van der Waals surface area contributed by atoms with E-state index in [1.54, 1.807) is 24.3 Å². The fourth-order valence-electron chi connectivity index (χ4n) is 2.92. The number of amides is 1. The van der Waals surface area contributed by atoms with Crippen LogP contribution in [0.3, 0.4) is 0 Å². The lowest BCUT2D eigenvalue weighted by Gasteiger charge is -2.32. The van der Waals surface area contributed by atoms with E-state index >= 15 is 0 Å². The molecule has 1 amide bonds. The van der Waals surface area contributed by atoms with Gasteiger partial charge in [0.25, 0.3) is 5.91 Å². The number of ether oxygens (including phenoxy) is 1. The first-order valence-electron chi connectivity index (χ1n) is 8.53. The first kappa shape index (κ1) is 19.1. The number of hydrogen-bond acceptors (Lipinski definition) is 5. The largest absolute Gasteiger partial charge is 0.437 e. The molecule has 144 valence electrons. The summed E-state index contributed by atoms with van der Waals surface area (Å²) in [6, 6.07) is 6.47. The van der Waals surface area contributed by atoms with E-state index in [0.717, 1.165) is 0 Å². The Balaban J connectivity index is 1.54. The molecule has 1 aliphatic heterocycles. The Kier molecular flexibility index (Phi) is 5.90. The molecule has 1 aromatic heterocycles. The van der Waals surface area contributed by atoms with Crippen molar-refractivity contribution < 1.29 is 22.7 Å². The third kappa shape index (κ3) is 5.92. The Morgan fingerprint density at radius 3 is 2.70 bits per heavy atom. The van der Waals surface area contributed by atoms with Gasteiger partial charge in [-0.15, -0.1) is 0 Å². The van der Waals surface area contributed by atoms with Crippen LogP contribution < -0.4 is 10.1 Å². The maximum atomic E-state index is 12.4. The molecule has 0 spiro atoms. The van der Waals surface area contributed by atoms with Gasteiger partial charge in [0.05, 0.1) is 12.7 Å². The van der Waals surface area contributed by atoms with Crippen molar-refractivity contribution in [1.29, 1.82) is 0 Å². The Morgan fingerprint density at radius 1 is 1.26 bits per heavy atom. The summed E-state index contributed by atoms with van der Waals surface area (Å²) in [6.45, 7) is -0.296. The average molecular weight is 380 g/mol. The van der Waals surface area contributed by atoms with E-state index in [2.05, 4.69) is 15.3 Å². The van der Waals surface area contributed by atoms with Crippen molar-refractivity contribution >= 4 is 5.91 Å².